The van der Waals surface area contributed by atoms with E-state index in [9.17, 15) is 5.11 Å². The van der Waals surface area contributed by atoms with E-state index in [0.717, 1.165) is 30.9 Å². The first-order chi connectivity index (χ1) is 8.74. The quantitative estimate of drug-likeness (QED) is 0.692. The molecule has 6 heteroatoms. The molecule has 0 amide bonds. The van der Waals surface area contributed by atoms with Crippen LogP contribution in [0.1, 0.15) is 18.5 Å². The highest BCUT2D eigenvalue weighted by atomic mass is 16.3. The molecule has 1 aromatic heterocycles. The van der Waals surface area contributed by atoms with Crippen molar-refractivity contribution in [2.45, 2.75) is 25.8 Å². The molecule has 1 aromatic rings. The predicted octanol–water partition coefficient (Wildman–Crippen LogP) is 0.150. The van der Waals surface area contributed by atoms with Crippen molar-refractivity contribution in [3.8, 4) is 0 Å². The Bertz CT molecular complexity index is 400. The second-order valence-electron chi connectivity index (χ2n) is 4.52. The normalized spacial score (nSPS) is 19.3. The lowest BCUT2D eigenvalue weighted by Gasteiger charge is -2.23. The molecule has 18 heavy (non-hydrogen) atoms. The Morgan fingerprint density at radius 3 is 3.00 bits per heavy atom. The largest absolute Gasteiger partial charge is 0.395 e. The van der Waals surface area contributed by atoms with Gasteiger partial charge in [0.15, 0.2) is 0 Å². The Kier molecular flexibility index (Phi) is 4.33. The van der Waals surface area contributed by atoms with Crippen molar-refractivity contribution >= 4 is 11.8 Å². The molecule has 1 fully saturated rings. The van der Waals surface area contributed by atoms with E-state index in [2.05, 4.69) is 20.2 Å². The van der Waals surface area contributed by atoms with Gasteiger partial charge in [-0.05, 0) is 19.8 Å². The maximum Gasteiger partial charge on any atom is 0.227 e. The van der Waals surface area contributed by atoms with Gasteiger partial charge in [0.1, 0.15) is 5.82 Å². The fraction of sp³-hybridized carbons (Fsp3) is 0.667. The molecule has 1 atom stereocenters. The number of hydrogen-bond acceptors (Lipinski definition) is 6. The molecule has 0 aliphatic carbocycles. The monoisotopic (exact) mass is 252 g/mol. The minimum atomic E-state index is 0.0708. The Labute approximate surface area is 107 Å². The average Bonchev–Trinajstić information content (AvgIpc) is 2.84. The van der Waals surface area contributed by atoms with Crippen molar-refractivity contribution in [3.63, 3.8) is 0 Å². The van der Waals surface area contributed by atoms with Crippen molar-refractivity contribution in [1.29, 1.82) is 0 Å². The molecule has 2 heterocycles. The lowest BCUT2D eigenvalue weighted by Crippen LogP contribution is -2.33. The van der Waals surface area contributed by atoms with E-state index in [4.69, 9.17) is 5.11 Å². The number of nitrogens with one attached hydrogen (secondary N) is 1. The molecule has 0 bridgehead atoms. The standard InChI is InChI=1S/C12H20N4O2/c1-9-7-11(13-4-6-17)15-12(14-9)16-5-2-3-10(16)8-18/h7,10,17-18H,2-6,8H2,1H3,(H,13,14,15). The molecule has 1 aliphatic heterocycles. The highest BCUT2D eigenvalue weighted by Gasteiger charge is 2.26. The smallest absolute Gasteiger partial charge is 0.227 e. The number of rotatable bonds is 5. The van der Waals surface area contributed by atoms with Gasteiger partial charge in [-0.3, -0.25) is 0 Å². The Morgan fingerprint density at radius 2 is 2.28 bits per heavy atom. The number of hydrogen-bond donors (Lipinski definition) is 3. The van der Waals surface area contributed by atoms with Gasteiger partial charge in [0, 0.05) is 24.8 Å². The van der Waals surface area contributed by atoms with Gasteiger partial charge in [0.05, 0.1) is 19.3 Å². The first-order valence-electron chi connectivity index (χ1n) is 6.32. The zero-order valence-electron chi connectivity index (χ0n) is 10.6. The molecule has 0 saturated carbocycles. The van der Waals surface area contributed by atoms with Gasteiger partial charge in [-0.25, -0.2) is 4.98 Å². The van der Waals surface area contributed by atoms with Gasteiger partial charge in [0.2, 0.25) is 5.95 Å². The van der Waals surface area contributed by atoms with Crippen molar-refractivity contribution < 1.29 is 10.2 Å². The average molecular weight is 252 g/mol. The van der Waals surface area contributed by atoms with Crippen LogP contribution in [0.15, 0.2) is 6.07 Å². The minimum Gasteiger partial charge on any atom is -0.395 e. The van der Waals surface area contributed by atoms with Gasteiger partial charge < -0.3 is 20.4 Å². The van der Waals surface area contributed by atoms with Crippen LogP contribution >= 0.6 is 0 Å². The summed E-state index contributed by atoms with van der Waals surface area (Å²) >= 11 is 0. The van der Waals surface area contributed by atoms with Gasteiger partial charge in [0.25, 0.3) is 0 Å². The summed E-state index contributed by atoms with van der Waals surface area (Å²) < 4.78 is 0. The van der Waals surface area contributed by atoms with Crippen LogP contribution in [-0.4, -0.2) is 52.5 Å². The zero-order valence-corrected chi connectivity index (χ0v) is 10.6. The highest BCUT2D eigenvalue weighted by Crippen LogP contribution is 2.23. The molecule has 3 N–H and O–H groups in total. The van der Waals surface area contributed by atoms with Crippen molar-refractivity contribution in [3.05, 3.63) is 11.8 Å². The number of anilines is 2. The Balaban J connectivity index is 2.18. The van der Waals surface area contributed by atoms with E-state index in [-0.39, 0.29) is 19.3 Å². The third-order valence-corrected chi connectivity index (χ3v) is 3.11. The molecule has 1 saturated heterocycles. The predicted molar refractivity (Wildman–Crippen MR) is 69.8 cm³/mol. The maximum atomic E-state index is 9.33. The number of aliphatic hydroxyl groups excluding tert-OH is 2. The lowest BCUT2D eigenvalue weighted by atomic mass is 10.2. The third-order valence-electron chi connectivity index (χ3n) is 3.11. The first kappa shape index (κ1) is 13.0. The van der Waals surface area contributed by atoms with Gasteiger partial charge >= 0.3 is 0 Å². The van der Waals surface area contributed by atoms with Gasteiger partial charge in [-0.2, -0.15) is 4.98 Å². The summed E-state index contributed by atoms with van der Waals surface area (Å²) in [4.78, 5) is 10.9. The Morgan fingerprint density at radius 1 is 1.44 bits per heavy atom. The lowest BCUT2D eigenvalue weighted by molar-refractivity contribution is 0.265. The van der Waals surface area contributed by atoms with Crippen LogP contribution in [-0.2, 0) is 0 Å². The van der Waals surface area contributed by atoms with E-state index in [1.54, 1.807) is 0 Å². The van der Waals surface area contributed by atoms with E-state index in [0.29, 0.717) is 12.5 Å². The van der Waals surface area contributed by atoms with E-state index < -0.39 is 0 Å². The second-order valence-corrected chi connectivity index (χ2v) is 4.52. The van der Waals surface area contributed by atoms with E-state index >= 15 is 0 Å². The minimum absolute atomic E-state index is 0.0708. The number of nitrogens with zero attached hydrogens (tertiary/aromatic N) is 3. The van der Waals surface area contributed by atoms with Crippen molar-refractivity contribution in [1.82, 2.24) is 9.97 Å². The number of aryl methyl sites for hydroxylation is 1. The molecule has 6 nitrogen and oxygen atoms in total. The van der Waals surface area contributed by atoms with Crippen LogP contribution in [0.25, 0.3) is 0 Å². The fourth-order valence-corrected chi connectivity index (χ4v) is 2.24. The van der Waals surface area contributed by atoms with Crippen LogP contribution in [0, 0.1) is 6.92 Å². The van der Waals surface area contributed by atoms with Crippen LogP contribution < -0.4 is 10.2 Å². The van der Waals surface area contributed by atoms with Crippen molar-refractivity contribution in [2.75, 3.05) is 36.5 Å². The molecule has 0 aromatic carbocycles. The van der Waals surface area contributed by atoms with E-state index in [1.165, 1.54) is 0 Å². The molecular formula is C12H20N4O2. The molecule has 2 rings (SSSR count). The summed E-state index contributed by atoms with van der Waals surface area (Å²) in [6.45, 7) is 3.48. The van der Waals surface area contributed by atoms with Crippen LogP contribution in [0.3, 0.4) is 0 Å². The van der Waals surface area contributed by atoms with Crippen LogP contribution in [0.5, 0.6) is 0 Å². The number of aliphatic hydroxyl groups is 2. The second kappa shape index (κ2) is 5.97. The van der Waals surface area contributed by atoms with Crippen LogP contribution in [0.2, 0.25) is 0 Å². The van der Waals surface area contributed by atoms with Crippen LogP contribution in [0.4, 0.5) is 11.8 Å². The van der Waals surface area contributed by atoms with Gasteiger partial charge in [-0.15, -0.1) is 0 Å². The summed E-state index contributed by atoms with van der Waals surface area (Å²) in [6.07, 6.45) is 2.04. The van der Waals surface area contributed by atoms with Gasteiger partial charge in [-0.1, -0.05) is 0 Å². The molecule has 0 spiro atoms. The molecule has 1 aliphatic rings. The van der Waals surface area contributed by atoms with Crippen molar-refractivity contribution in [2.24, 2.45) is 0 Å². The summed E-state index contributed by atoms with van der Waals surface area (Å²) in [5.74, 6) is 1.38. The summed E-state index contributed by atoms with van der Waals surface area (Å²) in [7, 11) is 0. The summed E-state index contributed by atoms with van der Waals surface area (Å²) in [6, 6.07) is 1.97. The fourth-order valence-electron chi connectivity index (χ4n) is 2.24. The number of aromatic nitrogens is 2. The first-order valence-corrected chi connectivity index (χ1v) is 6.32. The summed E-state index contributed by atoms with van der Waals surface area (Å²) in [5.41, 5.74) is 0.879. The highest BCUT2D eigenvalue weighted by molar-refractivity contribution is 5.44. The molecular weight excluding hydrogens is 232 g/mol. The zero-order chi connectivity index (χ0) is 13.0. The Hall–Kier alpha value is -1.40. The summed E-state index contributed by atoms with van der Waals surface area (Å²) in [5, 5.41) is 21.2. The topological polar surface area (TPSA) is 81.5 Å². The molecule has 100 valence electrons. The SMILES string of the molecule is Cc1cc(NCCO)nc(N2CCCC2CO)n1. The maximum absolute atomic E-state index is 9.33. The molecule has 1 unspecified atom stereocenters. The molecule has 0 radical (unpaired) electrons. The van der Waals surface area contributed by atoms with E-state index in [1.807, 2.05) is 13.0 Å². The third kappa shape index (κ3) is 2.88.